The molecule has 3 rings (SSSR count). The highest BCUT2D eigenvalue weighted by atomic mass is 79.9. The number of carbonyl (C=O) groups is 1. The van der Waals surface area contributed by atoms with Crippen LogP contribution in [-0.2, 0) is 4.74 Å². The van der Waals surface area contributed by atoms with Crippen molar-refractivity contribution in [1.82, 2.24) is 4.90 Å². The number of carbonyl (C=O) groups excluding carboxylic acids is 1. The van der Waals surface area contributed by atoms with Gasteiger partial charge in [-0.25, -0.2) is 4.79 Å². The second-order valence-corrected chi connectivity index (χ2v) is 9.67. The minimum Gasteiger partial charge on any atom is -0.490 e. The summed E-state index contributed by atoms with van der Waals surface area (Å²) in [6.45, 7) is 9.41. The molecule has 4 nitrogen and oxygen atoms in total. The summed E-state index contributed by atoms with van der Waals surface area (Å²) >= 11 is 3.58. The van der Waals surface area contributed by atoms with Crippen LogP contribution in [0.1, 0.15) is 58.4 Å². The SMILES string of the molecule is Cc1c(Br)cccc1O[C@H]1CCC2(CCN(C(=O)OC(C)(C)C)CC2)C1. The van der Waals surface area contributed by atoms with Crippen LogP contribution in [0.5, 0.6) is 5.75 Å². The van der Waals surface area contributed by atoms with Crippen molar-refractivity contribution in [2.75, 3.05) is 13.1 Å². The number of likely N-dealkylation sites (tertiary alicyclic amines) is 1. The third-order valence-electron chi connectivity index (χ3n) is 5.64. The molecule has 1 atom stereocenters. The molecule has 2 fully saturated rings. The number of rotatable bonds is 2. The molecule has 1 aromatic carbocycles. The Hall–Kier alpha value is -1.23. The van der Waals surface area contributed by atoms with Crippen LogP contribution in [0.3, 0.4) is 0 Å². The van der Waals surface area contributed by atoms with E-state index >= 15 is 0 Å². The second kappa shape index (κ2) is 7.41. The number of nitrogens with zero attached hydrogens (tertiary/aromatic N) is 1. The first-order valence-corrected chi connectivity index (χ1v) is 10.4. The van der Waals surface area contributed by atoms with Crippen LogP contribution >= 0.6 is 15.9 Å². The molecule has 1 amide bonds. The van der Waals surface area contributed by atoms with Crippen LogP contribution in [0.15, 0.2) is 22.7 Å². The van der Waals surface area contributed by atoms with Crippen LogP contribution < -0.4 is 4.74 Å². The van der Waals surface area contributed by atoms with Crippen molar-refractivity contribution < 1.29 is 14.3 Å². The van der Waals surface area contributed by atoms with Gasteiger partial charge in [0.25, 0.3) is 0 Å². The number of piperidine rings is 1. The Bertz CT molecular complexity index is 660. The lowest BCUT2D eigenvalue weighted by atomic mass is 9.77. The Morgan fingerprint density at radius 2 is 1.92 bits per heavy atom. The summed E-state index contributed by atoms with van der Waals surface area (Å²) in [5.74, 6) is 0.979. The van der Waals surface area contributed by atoms with Crippen LogP contribution in [0.2, 0.25) is 0 Å². The van der Waals surface area contributed by atoms with Gasteiger partial charge < -0.3 is 14.4 Å². The molecule has 0 N–H and O–H groups in total. The van der Waals surface area contributed by atoms with E-state index in [0.717, 1.165) is 54.6 Å². The highest BCUT2D eigenvalue weighted by molar-refractivity contribution is 9.10. The maximum atomic E-state index is 12.3. The molecule has 1 aromatic rings. The summed E-state index contributed by atoms with van der Waals surface area (Å²) < 4.78 is 12.9. The monoisotopic (exact) mass is 423 g/mol. The lowest BCUT2D eigenvalue weighted by molar-refractivity contribution is 0.00956. The summed E-state index contributed by atoms with van der Waals surface area (Å²) in [4.78, 5) is 14.1. The van der Waals surface area contributed by atoms with E-state index < -0.39 is 5.60 Å². The molecule has 26 heavy (non-hydrogen) atoms. The van der Waals surface area contributed by atoms with Gasteiger partial charge in [-0.15, -0.1) is 0 Å². The fourth-order valence-corrected chi connectivity index (χ4v) is 4.44. The first-order chi connectivity index (χ1) is 12.2. The van der Waals surface area contributed by atoms with Gasteiger partial charge in [-0.3, -0.25) is 0 Å². The molecule has 2 aliphatic rings. The van der Waals surface area contributed by atoms with Crippen LogP contribution in [0.25, 0.3) is 0 Å². The largest absolute Gasteiger partial charge is 0.490 e. The normalized spacial score (nSPS) is 22.5. The Balaban J connectivity index is 1.54. The van der Waals surface area contributed by atoms with Crippen LogP contribution in [0, 0.1) is 12.3 Å². The van der Waals surface area contributed by atoms with Crippen molar-refractivity contribution >= 4 is 22.0 Å². The quantitative estimate of drug-likeness (QED) is 0.611. The molecule has 144 valence electrons. The highest BCUT2D eigenvalue weighted by Gasteiger charge is 2.43. The van der Waals surface area contributed by atoms with Crippen LogP contribution in [0.4, 0.5) is 4.79 Å². The van der Waals surface area contributed by atoms with Gasteiger partial charge in [0.1, 0.15) is 11.4 Å². The van der Waals surface area contributed by atoms with E-state index in [-0.39, 0.29) is 12.2 Å². The lowest BCUT2D eigenvalue weighted by Crippen LogP contribution is -2.44. The zero-order chi connectivity index (χ0) is 18.9. The van der Waals surface area contributed by atoms with Gasteiger partial charge in [0.05, 0.1) is 6.10 Å². The van der Waals surface area contributed by atoms with E-state index in [1.165, 1.54) is 6.42 Å². The first-order valence-electron chi connectivity index (χ1n) is 9.57. The molecule has 0 bridgehead atoms. The fraction of sp³-hybridized carbons (Fsp3) is 0.667. The van der Waals surface area contributed by atoms with Crippen molar-refractivity contribution in [2.45, 2.75) is 71.5 Å². The minimum absolute atomic E-state index is 0.178. The smallest absolute Gasteiger partial charge is 0.410 e. The molecule has 0 aromatic heterocycles. The molecule has 1 aliphatic heterocycles. The number of benzene rings is 1. The average molecular weight is 424 g/mol. The first kappa shape index (κ1) is 19.5. The number of hydrogen-bond acceptors (Lipinski definition) is 3. The maximum Gasteiger partial charge on any atom is 0.410 e. The van der Waals surface area contributed by atoms with Crippen molar-refractivity contribution in [3.05, 3.63) is 28.2 Å². The molecule has 0 unspecified atom stereocenters. The second-order valence-electron chi connectivity index (χ2n) is 8.81. The van der Waals surface area contributed by atoms with Gasteiger partial charge >= 0.3 is 6.09 Å². The predicted octanol–water partition coefficient (Wildman–Crippen LogP) is 5.71. The maximum absolute atomic E-state index is 12.3. The number of ether oxygens (including phenoxy) is 2. The summed E-state index contributed by atoms with van der Waals surface area (Å²) in [7, 11) is 0. The fourth-order valence-electron chi connectivity index (χ4n) is 4.09. The average Bonchev–Trinajstić information content (AvgIpc) is 2.93. The van der Waals surface area contributed by atoms with E-state index in [1.807, 2.05) is 37.8 Å². The summed E-state index contributed by atoms with van der Waals surface area (Å²) in [6.07, 6.45) is 5.55. The van der Waals surface area contributed by atoms with Gasteiger partial charge in [-0.05, 0) is 77.3 Å². The highest BCUT2D eigenvalue weighted by Crippen LogP contribution is 2.47. The summed E-state index contributed by atoms with van der Waals surface area (Å²) in [6, 6.07) is 6.12. The Morgan fingerprint density at radius 3 is 2.58 bits per heavy atom. The predicted molar refractivity (Wildman–Crippen MR) is 107 cm³/mol. The van der Waals surface area contributed by atoms with Crippen molar-refractivity contribution in [3.8, 4) is 5.75 Å². The molecular weight excluding hydrogens is 394 g/mol. The van der Waals surface area contributed by atoms with Gasteiger partial charge in [-0.1, -0.05) is 22.0 Å². The Labute approximate surface area is 165 Å². The van der Waals surface area contributed by atoms with E-state index in [1.54, 1.807) is 0 Å². The molecule has 0 radical (unpaired) electrons. The van der Waals surface area contributed by atoms with E-state index in [9.17, 15) is 4.79 Å². The summed E-state index contributed by atoms with van der Waals surface area (Å²) in [5.41, 5.74) is 1.05. The van der Waals surface area contributed by atoms with Crippen molar-refractivity contribution in [1.29, 1.82) is 0 Å². The summed E-state index contributed by atoms with van der Waals surface area (Å²) in [5, 5.41) is 0. The molecule has 1 spiro atoms. The number of halogens is 1. The zero-order valence-electron chi connectivity index (χ0n) is 16.3. The Morgan fingerprint density at radius 1 is 1.23 bits per heavy atom. The van der Waals surface area contributed by atoms with Gasteiger partial charge in [0.15, 0.2) is 0 Å². The van der Waals surface area contributed by atoms with E-state index in [4.69, 9.17) is 9.47 Å². The third-order valence-corrected chi connectivity index (χ3v) is 6.50. The lowest BCUT2D eigenvalue weighted by Gasteiger charge is -2.39. The molecule has 1 saturated heterocycles. The molecule has 1 aliphatic carbocycles. The number of amides is 1. The zero-order valence-corrected chi connectivity index (χ0v) is 17.9. The van der Waals surface area contributed by atoms with Crippen molar-refractivity contribution in [3.63, 3.8) is 0 Å². The van der Waals surface area contributed by atoms with Crippen LogP contribution in [-0.4, -0.2) is 35.8 Å². The molecular formula is C21H30BrNO3. The van der Waals surface area contributed by atoms with E-state index in [0.29, 0.717) is 5.41 Å². The molecule has 1 saturated carbocycles. The third kappa shape index (κ3) is 4.54. The van der Waals surface area contributed by atoms with E-state index in [2.05, 4.69) is 28.9 Å². The standard InChI is InChI=1S/C21H30BrNO3/c1-15-17(22)6-5-7-18(15)25-16-8-9-21(14-16)10-12-23(13-11-21)19(24)26-20(2,3)4/h5-7,16H,8-14H2,1-4H3/t16-/m0/s1. The molecule has 5 heteroatoms. The van der Waals surface area contributed by atoms with Gasteiger partial charge in [0.2, 0.25) is 0 Å². The van der Waals surface area contributed by atoms with Gasteiger partial charge in [-0.2, -0.15) is 0 Å². The topological polar surface area (TPSA) is 38.8 Å². The molecule has 1 heterocycles. The minimum atomic E-state index is -0.430. The number of hydrogen-bond donors (Lipinski definition) is 0. The van der Waals surface area contributed by atoms with Gasteiger partial charge in [0, 0.05) is 23.1 Å². The van der Waals surface area contributed by atoms with Crippen molar-refractivity contribution in [2.24, 2.45) is 5.41 Å². The Kier molecular flexibility index (Phi) is 5.57.